The molecule has 0 atom stereocenters. The molecular formula is C61H44F3N7O11RuS. The molecule has 6 aromatic heterocycles. The summed E-state index contributed by atoms with van der Waals surface area (Å²) in [6.45, 7) is 4.22. The number of carbonyl (C=O) groups is 3. The van der Waals surface area contributed by atoms with E-state index in [-0.39, 0.29) is 64.5 Å². The summed E-state index contributed by atoms with van der Waals surface area (Å²) in [6, 6.07) is 47.6. The van der Waals surface area contributed by atoms with Gasteiger partial charge in [-0.15, -0.1) is 41.2 Å². The van der Waals surface area contributed by atoms with Gasteiger partial charge in [-0.1, -0.05) is 12.1 Å². The topological polar surface area (TPSA) is 264 Å². The van der Waals surface area contributed by atoms with Crippen molar-refractivity contribution in [2.45, 2.75) is 20.0 Å². The molecule has 10 rings (SSSR count). The van der Waals surface area contributed by atoms with Gasteiger partial charge in [-0.05, 0) is 175 Å². The maximum absolute atomic E-state index is 13.6. The van der Waals surface area contributed by atoms with E-state index < -0.39 is 34.7 Å². The number of anilines is 3. The summed E-state index contributed by atoms with van der Waals surface area (Å²) in [6.07, 6.45) is -0.268. The number of pyridine rings is 5. The fraction of sp³-hybridized carbons (Fsp3) is 0.0820. The first-order valence-corrected chi connectivity index (χ1v) is 25.3. The second-order valence-corrected chi connectivity index (χ2v) is 18.9. The van der Waals surface area contributed by atoms with E-state index in [9.17, 15) is 32.7 Å². The number of hydrogen-bond donors (Lipinski definition) is 3. The Morgan fingerprint density at radius 2 is 1.02 bits per heavy atom. The van der Waals surface area contributed by atoms with Crippen molar-refractivity contribution in [3.63, 3.8) is 0 Å². The van der Waals surface area contributed by atoms with E-state index in [1.165, 1.54) is 54.9 Å². The molecule has 0 saturated carbocycles. The van der Waals surface area contributed by atoms with E-state index in [0.717, 1.165) is 72.7 Å². The summed E-state index contributed by atoms with van der Waals surface area (Å²) in [7, 11) is 3.30. The van der Waals surface area contributed by atoms with Crippen LogP contribution in [0.1, 0.15) is 47.8 Å². The molecule has 0 amide bonds. The van der Waals surface area contributed by atoms with Crippen molar-refractivity contribution in [1.29, 1.82) is 0 Å². The molecular weight excluding hydrogens is 1200 g/mol. The van der Waals surface area contributed by atoms with Gasteiger partial charge in [0.1, 0.15) is 11.5 Å². The number of alkyl halides is 3. The number of aromatic nitrogens is 5. The maximum Gasteiger partial charge on any atom is 2.00 e. The number of aromatic carboxylic acids is 3. The molecule has 424 valence electrons. The Balaban J connectivity index is 0.000000265. The molecule has 23 heteroatoms. The number of halogens is 3. The van der Waals surface area contributed by atoms with Crippen LogP contribution in [0.3, 0.4) is 0 Å². The Hall–Kier alpha value is -10.2. The molecule has 0 bridgehead atoms. The molecule has 0 radical (unpaired) electrons. The zero-order chi connectivity index (χ0) is 59.5. The van der Waals surface area contributed by atoms with Gasteiger partial charge in [-0.25, -0.2) is 19.4 Å². The summed E-state index contributed by atoms with van der Waals surface area (Å²) in [5.74, 6) is -2.01. The van der Waals surface area contributed by atoms with Gasteiger partial charge in [0, 0.05) is 45.4 Å². The number of nitrogens with zero attached hydrogens (tertiary/aromatic N) is 7. The van der Waals surface area contributed by atoms with Crippen LogP contribution in [0.25, 0.3) is 66.3 Å². The van der Waals surface area contributed by atoms with Crippen molar-refractivity contribution < 1.29 is 76.9 Å². The van der Waals surface area contributed by atoms with Crippen molar-refractivity contribution in [2.75, 3.05) is 19.1 Å². The van der Waals surface area contributed by atoms with Crippen molar-refractivity contribution in [3.8, 4) is 77.8 Å². The van der Waals surface area contributed by atoms with Gasteiger partial charge in [-0.3, -0.25) is 19.9 Å². The van der Waals surface area contributed by atoms with Gasteiger partial charge in [-0.2, -0.15) is 13.2 Å². The predicted octanol–water partition coefficient (Wildman–Crippen LogP) is 14.2. The summed E-state index contributed by atoms with van der Waals surface area (Å²) in [5.41, 5.74) is 8.53. The van der Waals surface area contributed by atoms with E-state index in [2.05, 4.69) is 62.9 Å². The molecule has 0 fully saturated rings. The molecule has 0 aliphatic carbocycles. The molecule has 6 heterocycles. The van der Waals surface area contributed by atoms with Crippen molar-refractivity contribution >= 4 is 46.3 Å². The predicted molar refractivity (Wildman–Crippen MR) is 305 cm³/mol. The summed E-state index contributed by atoms with van der Waals surface area (Å²) < 4.78 is 51.8. The summed E-state index contributed by atoms with van der Waals surface area (Å²) in [5, 5.41) is 42.3. The average molecular weight is 1240 g/mol. The van der Waals surface area contributed by atoms with Crippen LogP contribution in [-0.2, 0) is 25.7 Å². The minimum Gasteiger partial charge on any atom is -0.497 e. The minimum atomic E-state index is -4.49. The third-order valence-electron chi connectivity index (χ3n) is 12.3. The van der Waals surface area contributed by atoms with Crippen LogP contribution in [0.15, 0.2) is 176 Å². The average Bonchev–Trinajstić information content (AvgIpc) is 2.83. The molecule has 10 aromatic rings. The molecule has 84 heavy (non-hydrogen) atoms. The third kappa shape index (κ3) is 15.0. The fourth-order valence-corrected chi connectivity index (χ4v) is 9.74. The van der Waals surface area contributed by atoms with Crippen LogP contribution < -0.4 is 14.4 Å². The van der Waals surface area contributed by atoms with Crippen LogP contribution in [0.5, 0.6) is 11.5 Å². The van der Waals surface area contributed by atoms with Gasteiger partial charge in [0.25, 0.3) is 0 Å². The smallest absolute Gasteiger partial charge is 0.497 e. The van der Waals surface area contributed by atoms with Crippen molar-refractivity contribution in [1.82, 2.24) is 24.9 Å². The van der Waals surface area contributed by atoms with Gasteiger partial charge in [0.2, 0.25) is 0 Å². The van der Waals surface area contributed by atoms with Crippen molar-refractivity contribution in [3.05, 3.63) is 231 Å². The van der Waals surface area contributed by atoms with E-state index in [4.69, 9.17) is 40.0 Å². The van der Waals surface area contributed by atoms with Crippen LogP contribution in [0.2, 0.25) is 0 Å². The molecule has 18 nitrogen and oxygen atoms in total. The number of benzene rings is 4. The Labute approximate surface area is 493 Å². The largest absolute Gasteiger partial charge is 2.00 e. The quantitative estimate of drug-likeness (QED) is 0.0395. The standard InChI is InChI=1S/C43H33F3N3O2S.C18H11N3O6.NO3.Ru/c1-27-22-34(49(32-11-15-35(50-3)16-12-32)33-13-17-36(51-4)18-14-33)23-28(2)42(27)41-20-19-40(52-41)30-25-38(29-8-7-9-31(24-29)43(44,45)46)48-39(26-30)37-10-5-6-21-47-37;22-16(23)9-1-3-19-12(5-9)14-7-11(18(26)27)8-15(21-14)13-6-10(17(24)25)2-4-20-13;2-1(3)4;/h5-7,9-26H,1-4H3;1-8H,(H,22,23)(H,24,25)(H,26,27);;/q-1;;-1;+2. The van der Waals surface area contributed by atoms with E-state index in [0.29, 0.717) is 17.1 Å². The fourth-order valence-electron chi connectivity index (χ4n) is 8.57. The number of hydrogen-bond acceptors (Lipinski definition) is 15. The van der Waals surface area contributed by atoms with Crippen LogP contribution in [0, 0.1) is 35.2 Å². The number of ether oxygens (including phenoxy) is 2. The summed E-state index contributed by atoms with van der Waals surface area (Å²) >= 11 is 1.62. The SMILES string of the molecule is COc1ccc(N(c2ccc(OC)cc2)c2cc(C)c(-c3ccc(-c4cc(-c5[c-]ccc(C(F)(F)F)c5)nc(-c5ccccn5)c4)s3)c(C)c2)cc1.O=C(O)c1ccnc(-c2cc(C(=O)O)cc(-c3cc(C(=O)O)ccn3)n2)c1.O=[N+]([O-])[O-].[Ru+2]. The Morgan fingerprint density at radius 1 is 0.560 bits per heavy atom. The zero-order valence-electron chi connectivity index (χ0n) is 44.4. The van der Waals surface area contributed by atoms with Crippen LogP contribution in [0.4, 0.5) is 30.2 Å². The minimum absolute atomic E-state index is 0. The first kappa shape index (κ1) is 61.4. The normalized spacial score (nSPS) is 10.7. The Kier molecular flexibility index (Phi) is 19.7. The number of carboxylic acids is 3. The first-order chi connectivity index (χ1) is 39.7. The number of methoxy groups -OCH3 is 2. The molecule has 0 unspecified atom stereocenters. The Bertz CT molecular complexity index is 3870. The first-order valence-electron chi connectivity index (χ1n) is 24.5. The Morgan fingerprint density at radius 3 is 1.50 bits per heavy atom. The van der Waals surface area contributed by atoms with Crippen molar-refractivity contribution in [2.24, 2.45) is 0 Å². The maximum atomic E-state index is 13.6. The number of aryl methyl sites for hydroxylation is 2. The van der Waals surface area contributed by atoms with E-state index in [1.54, 1.807) is 31.8 Å². The molecule has 4 aromatic carbocycles. The second-order valence-electron chi connectivity index (χ2n) is 17.8. The zero-order valence-corrected chi connectivity index (χ0v) is 46.9. The van der Waals surface area contributed by atoms with Gasteiger partial charge in [0.15, 0.2) is 0 Å². The van der Waals surface area contributed by atoms with Crippen LogP contribution in [-0.4, -0.2) is 77.5 Å². The van der Waals surface area contributed by atoms with Gasteiger partial charge >= 0.3 is 43.6 Å². The number of rotatable bonds is 14. The van der Waals surface area contributed by atoms with E-state index in [1.807, 2.05) is 84.9 Å². The van der Waals surface area contributed by atoms with Gasteiger partial charge < -0.3 is 45.0 Å². The van der Waals surface area contributed by atoms with E-state index >= 15 is 0 Å². The molecule has 3 N–H and O–H groups in total. The molecule has 0 aliphatic rings. The second kappa shape index (κ2) is 27.0. The summed E-state index contributed by atoms with van der Waals surface area (Å²) in [4.78, 5) is 67.8. The molecule has 0 spiro atoms. The monoisotopic (exact) mass is 1240 g/mol. The third-order valence-corrected chi connectivity index (χ3v) is 13.5. The number of thiophene rings is 1. The van der Waals surface area contributed by atoms with Crippen LogP contribution >= 0.6 is 11.3 Å². The molecule has 0 saturated heterocycles. The number of carboxylic acid groups (broad SMARTS) is 3. The molecule has 0 aliphatic heterocycles. The van der Waals surface area contributed by atoms with Gasteiger partial charge in [0.05, 0.1) is 70.2 Å².